The molecule has 0 bridgehead atoms. The molecule has 0 saturated heterocycles. The van der Waals surface area contributed by atoms with Gasteiger partial charge in [-0.1, -0.05) is 18.2 Å². The number of halogens is 2. The van der Waals surface area contributed by atoms with Gasteiger partial charge < -0.3 is 14.8 Å². The Balaban J connectivity index is 1.40. The van der Waals surface area contributed by atoms with Crippen molar-refractivity contribution in [2.75, 3.05) is 12.4 Å². The van der Waals surface area contributed by atoms with Crippen LogP contribution >= 0.6 is 0 Å². The van der Waals surface area contributed by atoms with Crippen LogP contribution in [0.3, 0.4) is 0 Å². The number of amides is 1. The maximum absolute atomic E-state index is 13.5. The molecule has 9 heteroatoms. The number of carbonyl (C=O) groups excluding carboxylic acids is 1. The van der Waals surface area contributed by atoms with Crippen LogP contribution < -0.4 is 14.8 Å². The smallest absolute Gasteiger partial charge is 0.336 e. The molecule has 38 heavy (non-hydrogen) atoms. The maximum Gasteiger partial charge on any atom is 0.336 e. The van der Waals surface area contributed by atoms with Gasteiger partial charge in [0.2, 0.25) is 0 Å². The van der Waals surface area contributed by atoms with Crippen LogP contribution in [0.1, 0.15) is 15.9 Å². The number of ether oxygens (including phenoxy) is 2. The van der Waals surface area contributed by atoms with E-state index in [4.69, 9.17) is 9.47 Å². The molecule has 0 aliphatic rings. The Kier molecular flexibility index (Phi) is 7.08. The second-order valence-corrected chi connectivity index (χ2v) is 8.28. The standard InChI is InChI=1S/C29H22F2N4O3/c1-37-26-15-7-20(8-16-26)27-33-29(38-18-19-5-9-22(30)10-6-19)34-35(27)25-13-11-24(12-14-25)32-28(36)21-3-2-4-23(31)17-21/h2-17H,18H2,1H3,(H,32,36). The van der Waals surface area contributed by atoms with E-state index in [1.54, 1.807) is 48.2 Å². The van der Waals surface area contributed by atoms with Gasteiger partial charge in [0, 0.05) is 16.8 Å². The molecule has 0 saturated carbocycles. The Bertz CT molecular complexity index is 1550. The molecule has 0 atom stereocenters. The molecular weight excluding hydrogens is 490 g/mol. The number of nitrogens with zero attached hydrogens (tertiary/aromatic N) is 3. The molecule has 1 heterocycles. The highest BCUT2D eigenvalue weighted by Crippen LogP contribution is 2.26. The number of methoxy groups -OCH3 is 1. The molecule has 4 aromatic carbocycles. The lowest BCUT2D eigenvalue weighted by molar-refractivity contribution is 0.102. The predicted octanol–water partition coefficient (Wildman–Crippen LogP) is 6.05. The SMILES string of the molecule is COc1ccc(-c2nc(OCc3ccc(F)cc3)nn2-c2ccc(NC(=O)c3cccc(F)c3)cc2)cc1. The van der Waals surface area contributed by atoms with Crippen molar-refractivity contribution in [2.45, 2.75) is 6.61 Å². The molecule has 0 aliphatic carbocycles. The maximum atomic E-state index is 13.5. The van der Waals surface area contributed by atoms with Crippen molar-refractivity contribution in [3.63, 3.8) is 0 Å². The Morgan fingerprint density at radius 1 is 0.895 bits per heavy atom. The number of carbonyl (C=O) groups is 1. The lowest BCUT2D eigenvalue weighted by Gasteiger charge is -2.09. The van der Waals surface area contributed by atoms with Crippen molar-refractivity contribution in [2.24, 2.45) is 0 Å². The molecule has 1 amide bonds. The highest BCUT2D eigenvalue weighted by atomic mass is 19.1. The van der Waals surface area contributed by atoms with E-state index in [1.807, 2.05) is 24.3 Å². The summed E-state index contributed by atoms with van der Waals surface area (Å²) >= 11 is 0. The van der Waals surface area contributed by atoms with E-state index in [2.05, 4.69) is 15.4 Å². The fraction of sp³-hybridized carbons (Fsp3) is 0.0690. The van der Waals surface area contributed by atoms with Crippen LogP contribution in [0.4, 0.5) is 14.5 Å². The van der Waals surface area contributed by atoms with Crippen LogP contribution in [-0.2, 0) is 6.61 Å². The molecule has 0 aliphatic heterocycles. The first-order chi connectivity index (χ1) is 18.5. The first-order valence-corrected chi connectivity index (χ1v) is 11.6. The summed E-state index contributed by atoms with van der Waals surface area (Å²) in [5.41, 5.74) is 2.96. The fourth-order valence-electron chi connectivity index (χ4n) is 3.71. The van der Waals surface area contributed by atoms with E-state index in [9.17, 15) is 13.6 Å². The third-order valence-corrected chi connectivity index (χ3v) is 5.67. The highest BCUT2D eigenvalue weighted by molar-refractivity contribution is 6.04. The lowest BCUT2D eigenvalue weighted by Crippen LogP contribution is -2.12. The first-order valence-electron chi connectivity index (χ1n) is 11.6. The number of rotatable bonds is 8. The van der Waals surface area contributed by atoms with Gasteiger partial charge >= 0.3 is 6.01 Å². The van der Waals surface area contributed by atoms with Gasteiger partial charge in [-0.15, -0.1) is 5.10 Å². The van der Waals surface area contributed by atoms with Crippen molar-refractivity contribution in [1.82, 2.24) is 14.8 Å². The number of benzene rings is 4. The van der Waals surface area contributed by atoms with Crippen molar-refractivity contribution in [1.29, 1.82) is 0 Å². The molecule has 0 fully saturated rings. The zero-order chi connectivity index (χ0) is 26.5. The zero-order valence-corrected chi connectivity index (χ0v) is 20.3. The van der Waals surface area contributed by atoms with Gasteiger partial charge in [0.25, 0.3) is 5.91 Å². The summed E-state index contributed by atoms with van der Waals surface area (Å²) < 4.78 is 39.4. The van der Waals surface area contributed by atoms with Crippen LogP contribution in [0.15, 0.2) is 97.1 Å². The van der Waals surface area contributed by atoms with Crippen LogP contribution in [-0.4, -0.2) is 27.8 Å². The highest BCUT2D eigenvalue weighted by Gasteiger charge is 2.16. The van der Waals surface area contributed by atoms with Crippen LogP contribution in [0.25, 0.3) is 17.1 Å². The average Bonchev–Trinajstić information content (AvgIpc) is 3.37. The number of nitrogens with one attached hydrogen (secondary N) is 1. The molecule has 0 spiro atoms. The van der Waals surface area contributed by atoms with Crippen molar-refractivity contribution in [3.05, 3.63) is 120 Å². The van der Waals surface area contributed by atoms with Gasteiger partial charge in [0.1, 0.15) is 24.0 Å². The topological polar surface area (TPSA) is 78.3 Å². The Labute approximate surface area is 217 Å². The minimum absolute atomic E-state index is 0.142. The number of hydrogen-bond acceptors (Lipinski definition) is 5. The molecule has 1 N–H and O–H groups in total. The summed E-state index contributed by atoms with van der Waals surface area (Å²) in [6, 6.07) is 25.9. The fourth-order valence-corrected chi connectivity index (χ4v) is 3.71. The lowest BCUT2D eigenvalue weighted by atomic mass is 10.2. The summed E-state index contributed by atoms with van der Waals surface area (Å²) in [6.07, 6.45) is 0. The number of aromatic nitrogens is 3. The van der Waals surface area contributed by atoms with Gasteiger partial charge in [0.15, 0.2) is 5.82 Å². The number of hydrogen-bond donors (Lipinski definition) is 1. The second kappa shape index (κ2) is 10.9. The van der Waals surface area contributed by atoms with Gasteiger partial charge in [-0.25, -0.2) is 13.5 Å². The normalized spacial score (nSPS) is 10.7. The third-order valence-electron chi connectivity index (χ3n) is 5.67. The molecule has 7 nitrogen and oxygen atoms in total. The Morgan fingerprint density at radius 3 is 2.32 bits per heavy atom. The van der Waals surface area contributed by atoms with Crippen molar-refractivity contribution < 1.29 is 23.0 Å². The van der Waals surface area contributed by atoms with Gasteiger partial charge in [-0.3, -0.25) is 4.79 Å². The summed E-state index contributed by atoms with van der Waals surface area (Å²) in [7, 11) is 1.59. The second-order valence-electron chi connectivity index (χ2n) is 8.28. The van der Waals surface area contributed by atoms with E-state index in [1.165, 1.54) is 36.4 Å². The van der Waals surface area contributed by atoms with Crippen molar-refractivity contribution >= 4 is 11.6 Å². The third kappa shape index (κ3) is 5.67. The van der Waals surface area contributed by atoms with E-state index >= 15 is 0 Å². The van der Waals surface area contributed by atoms with Crippen LogP contribution in [0.5, 0.6) is 11.8 Å². The monoisotopic (exact) mass is 512 g/mol. The molecule has 1 aromatic heterocycles. The molecule has 5 rings (SSSR count). The van der Waals surface area contributed by atoms with E-state index in [-0.39, 0.29) is 24.0 Å². The minimum Gasteiger partial charge on any atom is -0.497 e. The molecule has 190 valence electrons. The van der Waals surface area contributed by atoms with Crippen LogP contribution in [0, 0.1) is 11.6 Å². The van der Waals surface area contributed by atoms with Gasteiger partial charge in [0.05, 0.1) is 12.8 Å². The largest absolute Gasteiger partial charge is 0.497 e. The minimum atomic E-state index is -0.484. The van der Waals surface area contributed by atoms with E-state index in [0.29, 0.717) is 22.9 Å². The summed E-state index contributed by atoms with van der Waals surface area (Å²) in [4.78, 5) is 17.0. The van der Waals surface area contributed by atoms with E-state index in [0.717, 1.165) is 11.1 Å². The van der Waals surface area contributed by atoms with Gasteiger partial charge in [-0.05, 0) is 84.4 Å². The molecule has 5 aromatic rings. The Hall–Kier alpha value is -5.05. The summed E-state index contributed by atoms with van der Waals surface area (Å²) in [5, 5.41) is 7.28. The van der Waals surface area contributed by atoms with Crippen molar-refractivity contribution in [3.8, 4) is 28.8 Å². The van der Waals surface area contributed by atoms with Crippen LogP contribution in [0.2, 0.25) is 0 Å². The number of anilines is 1. The average molecular weight is 513 g/mol. The first kappa shape index (κ1) is 24.6. The molecular formula is C29H22F2N4O3. The zero-order valence-electron chi connectivity index (χ0n) is 20.3. The molecule has 0 unspecified atom stereocenters. The summed E-state index contributed by atoms with van der Waals surface area (Å²) in [5.74, 6) is -0.00564. The van der Waals surface area contributed by atoms with E-state index < -0.39 is 11.7 Å². The molecule has 0 radical (unpaired) electrons. The predicted molar refractivity (Wildman–Crippen MR) is 138 cm³/mol. The summed E-state index contributed by atoms with van der Waals surface area (Å²) in [6.45, 7) is 0.164. The van der Waals surface area contributed by atoms with Gasteiger partial charge in [-0.2, -0.15) is 4.98 Å². The quantitative estimate of drug-likeness (QED) is 0.274. The Morgan fingerprint density at radius 2 is 1.63 bits per heavy atom.